The highest BCUT2D eigenvalue weighted by Gasteiger charge is 2.33. The zero-order chi connectivity index (χ0) is 19.0. The molecule has 1 saturated heterocycles. The van der Waals surface area contributed by atoms with Crippen LogP contribution in [0.15, 0.2) is 24.5 Å². The summed E-state index contributed by atoms with van der Waals surface area (Å²) in [5.74, 6) is -0.993. The summed E-state index contributed by atoms with van der Waals surface area (Å²) in [7, 11) is 0. The number of rotatable bonds is 3. The van der Waals surface area contributed by atoms with Crippen molar-refractivity contribution in [3.05, 3.63) is 24.5 Å². The van der Waals surface area contributed by atoms with Gasteiger partial charge in [0, 0.05) is 36.9 Å². The molecule has 0 aliphatic carbocycles. The van der Waals surface area contributed by atoms with Gasteiger partial charge in [-0.25, -0.2) is 4.98 Å². The minimum atomic E-state index is -4.50. The van der Waals surface area contributed by atoms with Crippen molar-refractivity contribution in [2.45, 2.75) is 31.5 Å². The second-order valence-corrected chi connectivity index (χ2v) is 6.61. The molecule has 0 bridgehead atoms. The number of fused-ring (bicyclic) bond motifs is 3. The topological polar surface area (TPSA) is 86.8 Å². The van der Waals surface area contributed by atoms with Crippen LogP contribution in [0.1, 0.15) is 19.3 Å². The van der Waals surface area contributed by atoms with Crippen molar-refractivity contribution in [1.29, 1.82) is 0 Å². The van der Waals surface area contributed by atoms with E-state index in [-0.39, 0.29) is 6.04 Å². The van der Waals surface area contributed by atoms with Crippen LogP contribution in [-0.4, -0.2) is 51.4 Å². The molecule has 1 amide bonds. The number of anilines is 1. The van der Waals surface area contributed by atoms with Gasteiger partial charge in [-0.3, -0.25) is 4.79 Å². The number of hydrogen-bond acceptors (Lipinski definition) is 5. The van der Waals surface area contributed by atoms with Gasteiger partial charge >= 0.3 is 6.18 Å². The third-order valence-corrected chi connectivity index (χ3v) is 4.64. The Bertz CT molecular complexity index is 986. The number of carbonyl (C=O) groups is 1. The van der Waals surface area contributed by atoms with E-state index < -0.39 is 18.5 Å². The number of aromatic amines is 1. The first-order valence-corrected chi connectivity index (χ1v) is 8.60. The highest BCUT2D eigenvalue weighted by molar-refractivity contribution is 6.08. The number of alkyl halides is 3. The summed E-state index contributed by atoms with van der Waals surface area (Å²) < 4.78 is 37.2. The Morgan fingerprint density at radius 1 is 1.33 bits per heavy atom. The van der Waals surface area contributed by atoms with Gasteiger partial charge in [0.15, 0.2) is 11.3 Å². The number of carbonyl (C=O) groups excluding carboxylic acids is 1. The van der Waals surface area contributed by atoms with Gasteiger partial charge in [-0.05, 0) is 25.0 Å². The summed E-state index contributed by atoms with van der Waals surface area (Å²) in [6.07, 6.45) is -1.15. The summed E-state index contributed by atoms with van der Waals surface area (Å²) in [5, 5.41) is 12.4. The van der Waals surface area contributed by atoms with Crippen LogP contribution in [0.4, 0.5) is 18.9 Å². The Hall–Kier alpha value is -2.91. The largest absolute Gasteiger partial charge is 0.397 e. The predicted molar refractivity (Wildman–Crippen MR) is 93.2 cm³/mol. The molecular weight excluding hydrogens is 361 g/mol. The van der Waals surface area contributed by atoms with E-state index in [1.807, 2.05) is 12.1 Å². The summed E-state index contributed by atoms with van der Waals surface area (Å²) in [4.78, 5) is 21.0. The minimum Gasteiger partial charge on any atom is -0.369 e. The van der Waals surface area contributed by atoms with Crippen LogP contribution in [0, 0.1) is 0 Å². The van der Waals surface area contributed by atoms with Gasteiger partial charge in [-0.15, -0.1) is 10.2 Å². The zero-order valence-electron chi connectivity index (χ0n) is 14.3. The Morgan fingerprint density at radius 3 is 3.00 bits per heavy atom. The molecule has 0 saturated carbocycles. The molecule has 0 radical (unpaired) electrons. The Morgan fingerprint density at radius 2 is 2.19 bits per heavy atom. The molecule has 10 heteroatoms. The Kier molecular flexibility index (Phi) is 4.33. The highest BCUT2D eigenvalue weighted by Crippen LogP contribution is 2.31. The summed E-state index contributed by atoms with van der Waals surface area (Å²) in [6.45, 7) is 1.16. The van der Waals surface area contributed by atoms with E-state index in [1.165, 1.54) is 0 Å². The SMILES string of the molecule is O=C(CC(F)(F)F)NC1CCCN(c2ccnc3nnc4[nH]ccc4c23)C1. The van der Waals surface area contributed by atoms with E-state index in [0.29, 0.717) is 24.3 Å². The maximum Gasteiger partial charge on any atom is 0.397 e. The zero-order valence-corrected chi connectivity index (χ0v) is 14.3. The van der Waals surface area contributed by atoms with Crippen LogP contribution in [0.5, 0.6) is 0 Å². The molecule has 0 spiro atoms. The molecule has 3 aromatic rings. The van der Waals surface area contributed by atoms with Gasteiger partial charge in [0.05, 0.1) is 11.1 Å². The third kappa shape index (κ3) is 3.64. The molecule has 3 aromatic heterocycles. The fourth-order valence-electron chi connectivity index (χ4n) is 3.56. The maximum absolute atomic E-state index is 12.4. The van der Waals surface area contributed by atoms with E-state index in [0.717, 1.165) is 29.4 Å². The van der Waals surface area contributed by atoms with Crippen molar-refractivity contribution in [2.24, 2.45) is 0 Å². The van der Waals surface area contributed by atoms with Crippen molar-refractivity contribution in [3.63, 3.8) is 0 Å². The van der Waals surface area contributed by atoms with E-state index >= 15 is 0 Å². The number of aromatic nitrogens is 4. The molecule has 2 N–H and O–H groups in total. The molecule has 142 valence electrons. The lowest BCUT2D eigenvalue weighted by Crippen LogP contribution is -2.48. The summed E-state index contributed by atoms with van der Waals surface area (Å²) in [6, 6.07) is 3.41. The lowest BCUT2D eigenvalue weighted by molar-refractivity contribution is -0.154. The Labute approximate surface area is 152 Å². The van der Waals surface area contributed by atoms with Crippen molar-refractivity contribution >= 4 is 33.7 Å². The number of amides is 1. The standard InChI is InChI=1S/C17H17F3N6O/c18-17(19,20)8-13(27)23-10-2-1-7-26(9-10)12-4-6-22-16-14(12)11-3-5-21-15(11)24-25-16/h3-6,10H,1-2,7-9H2,(H,21,24)(H,23,27). The highest BCUT2D eigenvalue weighted by atomic mass is 19.4. The van der Waals surface area contributed by atoms with Gasteiger partial charge < -0.3 is 15.2 Å². The van der Waals surface area contributed by atoms with Crippen molar-refractivity contribution in [1.82, 2.24) is 25.5 Å². The molecule has 1 unspecified atom stereocenters. The monoisotopic (exact) mass is 378 g/mol. The van der Waals surface area contributed by atoms with Gasteiger partial charge in [-0.1, -0.05) is 0 Å². The fraction of sp³-hybridized carbons (Fsp3) is 0.412. The molecule has 0 aromatic carbocycles. The van der Waals surface area contributed by atoms with E-state index in [4.69, 9.17) is 0 Å². The lowest BCUT2D eigenvalue weighted by atomic mass is 10.0. The molecule has 1 aliphatic heterocycles. The van der Waals surface area contributed by atoms with Gasteiger partial charge in [-0.2, -0.15) is 13.2 Å². The van der Waals surface area contributed by atoms with Gasteiger partial charge in [0.25, 0.3) is 0 Å². The average molecular weight is 378 g/mol. The average Bonchev–Trinajstić information content (AvgIpc) is 3.08. The number of nitrogens with zero attached hydrogens (tertiary/aromatic N) is 4. The fourth-order valence-corrected chi connectivity index (χ4v) is 3.56. The second kappa shape index (κ2) is 6.67. The second-order valence-electron chi connectivity index (χ2n) is 6.61. The van der Waals surface area contributed by atoms with Crippen molar-refractivity contribution < 1.29 is 18.0 Å². The van der Waals surface area contributed by atoms with Crippen LogP contribution >= 0.6 is 0 Å². The molecule has 4 rings (SSSR count). The molecule has 1 fully saturated rings. The predicted octanol–water partition coefficient (Wildman–Crippen LogP) is 2.54. The number of nitrogens with one attached hydrogen (secondary N) is 2. The quantitative estimate of drug-likeness (QED) is 0.732. The van der Waals surface area contributed by atoms with Crippen LogP contribution in [0.25, 0.3) is 22.1 Å². The van der Waals surface area contributed by atoms with Gasteiger partial charge in [0.2, 0.25) is 5.91 Å². The molecular formula is C17H17F3N6O. The maximum atomic E-state index is 12.4. The third-order valence-electron chi connectivity index (χ3n) is 4.64. The number of halogens is 3. The van der Waals surface area contributed by atoms with Crippen molar-refractivity contribution in [2.75, 3.05) is 18.0 Å². The number of H-pyrrole nitrogens is 1. The molecule has 7 nitrogen and oxygen atoms in total. The van der Waals surface area contributed by atoms with Crippen LogP contribution in [-0.2, 0) is 4.79 Å². The van der Waals surface area contributed by atoms with Crippen LogP contribution < -0.4 is 10.2 Å². The minimum absolute atomic E-state index is 0.340. The summed E-state index contributed by atoms with van der Waals surface area (Å²) >= 11 is 0. The lowest BCUT2D eigenvalue weighted by Gasteiger charge is -2.35. The summed E-state index contributed by atoms with van der Waals surface area (Å²) in [5.41, 5.74) is 2.03. The molecule has 4 heterocycles. The van der Waals surface area contributed by atoms with E-state index in [9.17, 15) is 18.0 Å². The number of piperidine rings is 1. The Balaban J connectivity index is 1.60. The number of hydrogen-bond donors (Lipinski definition) is 2. The smallest absolute Gasteiger partial charge is 0.369 e. The first kappa shape index (κ1) is 17.5. The van der Waals surface area contributed by atoms with E-state index in [1.54, 1.807) is 12.4 Å². The van der Waals surface area contributed by atoms with Crippen LogP contribution in [0.2, 0.25) is 0 Å². The number of pyridine rings is 1. The van der Waals surface area contributed by atoms with Crippen molar-refractivity contribution in [3.8, 4) is 0 Å². The first-order valence-electron chi connectivity index (χ1n) is 8.60. The normalized spacial score (nSPS) is 18.2. The molecule has 1 atom stereocenters. The molecule has 27 heavy (non-hydrogen) atoms. The first-order chi connectivity index (χ1) is 12.9. The van der Waals surface area contributed by atoms with Gasteiger partial charge in [0.1, 0.15) is 6.42 Å². The van der Waals surface area contributed by atoms with Crippen LogP contribution in [0.3, 0.4) is 0 Å². The molecule has 1 aliphatic rings. The van der Waals surface area contributed by atoms with E-state index in [2.05, 4.69) is 30.4 Å².